The summed E-state index contributed by atoms with van der Waals surface area (Å²) < 4.78 is 47.0. The Labute approximate surface area is 195 Å². The van der Waals surface area contributed by atoms with Crippen LogP contribution < -0.4 is 10.1 Å². The molecule has 0 bridgehead atoms. The van der Waals surface area contributed by atoms with Crippen molar-refractivity contribution >= 4 is 17.6 Å². The van der Waals surface area contributed by atoms with Crippen LogP contribution in [0.2, 0.25) is 0 Å². The summed E-state index contributed by atoms with van der Waals surface area (Å²) in [4.78, 5) is 20.7. The summed E-state index contributed by atoms with van der Waals surface area (Å²) in [6, 6.07) is 5.59. The number of rotatable bonds is 5. The fourth-order valence-electron chi connectivity index (χ4n) is 3.20. The zero-order chi connectivity index (χ0) is 25.3. The van der Waals surface area contributed by atoms with E-state index in [-0.39, 0.29) is 23.9 Å². The van der Waals surface area contributed by atoms with Crippen LogP contribution >= 0.6 is 0 Å². The van der Waals surface area contributed by atoms with E-state index in [9.17, 15) is 18.0 Å². The maximum atomic E-state index is 12.6. The number of nitrogens with zero attached hydrogens (tertiary/aromatic N) is 3. The van der Waals surface area contributed by atoms with E-state index in [0.29, 0.717) is 29.8 Å². The number of hydrogen-bond acceptors (Lipinski definition) is 7. The Balaban J connectivity index is 0.000000970. The highest BCUT2D eigenvalue weighted by Crippen LogP contribution is 2.35. The average Bonchev–Trinajstić information content (AvgIpc) is 3.27. The quantitative estimate of drug-likeness (QED) is 0.444. The number of aromatic amines is 1. The monoisotopic (exact) mass is 479 g/mol. The molecule has 0 aliphatic heterocycles. The largest absolute Gasteiger partial charge is 0.573 e. The first-order chi connectivity index (χ1) is 16.4. The molecule has 0 saturated carbocycles. The zero-order valence-corrected chi connectivity index (χ0v) is 19.7. The van der Waals surface area contributed by atoms with Crippen molar-refractivity contribution in [2.24, 2.45) is 0 Å². The fraction of sp³-hybridized carbons (Fsp3) is 0.391. The van der Waals surface area contributed by atoms with Gasteiger partial charge < -0.3 is 14.8 Å². The molecule has 184 valence electrons. The van der Waals surface area contributed by atoms with Crippen LogP contribution in [0.25, 0.3) is 11.4 Å². The summed E-state index contributed by atoms with van der Waals surface area (Å²) in [6.07, 6.45) is -2.10. The third kappa shape index (κ3) is 6.24. The number of hydrogen-bond donors (Lipinski definition) is 2. The molecule has 0 saturated heterocycles. The molecule has 4 rings (SSSR count). The number of aryl methyl sites for hydroxylation is 1. The highest BCUT2D eigenvalue weighted by atomic mass is 19.4. The van der Waals surface area contributed by atoms with Crippen LogP contribution in [-0.2, 0) is 17.6 Å². The van der Waals surface area contributed by atoms with Gasteiger partial charge in [0.25, 0.3) is 0 Å². The number of para-hydroxylation sites is 2. The smallest absolute Gasteiger partial charge is 0.461 e. The molecular weight excluding hydrogens is 451 g/mol. The topological polar surface area (TPSA) is 102 Å². The SMILES string of the molecule is CC.CC.CCOC(=O)c1[nH]nc2c1CCc1cnc(Nc3ccccc3OC(F)(F)F)nc1-2. The molecule has 2 aromatic heterocycles. The number of fused-ring (bicyclic) bond motifs is 3. The van der Waals surface area contributed by atoms with Crippen molar-refractivity contribution in [2.45, 2.75) is 53.8 Å². The van der Waals surface area contributed by atoms with Crippen molar-refractivity contribution in [3.63, 3.8) is 0 Å². The lowest BCUT2D eigenvalue weighted by Crippen LogP contribution is -2.18. The van der Waals surface area contributed by atoms with Crippen molar-refractivity contribution in [3.05, 3.63) is 47.3 Å². The number of H-pyrrole nitrogens is 1. The van der Waals surface area contributed by atoms with Crippen molar-refractivity contribution in [2.75, 3.05) is 11.9 Å². The Morgan fingerprint density at radius 1 is 1.12 bits per heavy atom. The molecule has 0 fully saturated rings. The van der Waals surface area contributed by atoms with E-state index < -0.39 is 18.1 Å². The summed E-state index contributed by atoms with van der Waals surface area (Å²) >= 11 is 0. The number of halogens is 3. The Hall–Kier alpha value is -3.63. The standard InChI is InChI=1S/C19H16F3N5O3.2C2H6/c1-2-29-17(28)16-11-8-7-10-9-23-18(25-14(10)15(11)26-27-16)24-12-5-3-4-6-13(12)30-19(20,21)22;2*1-2/h3-6,9H,2,7-8H2,1H3,(H,26,27)(H,23,24,25);2*1-2H3. The number of benzene rings is 1. The number of esters is 1. The lowest BCUT2D eigenvalue weighted by molar-refractivity contribution is -0.274. The van der Waals surface area contributed by atoms with Gasteiger partial charge in [-0.1, -0.05) is 39.8 Å². The second kappa shape index (κ2) is 12.0. The average molecular weight is 480 g/mol. The molecule has 34 heavy (non-hydrogen) atoms. The van der Waals surface area contributed by atoms with Crippen LogP contribution in [0.4, 0.5) is 24.8 Å². The van der Waals surface area contributed by atoms with Gasteiger partial charge in [-0.15, -0.1) is 13.2 Å². The molecule has 0 unspecified atom stereocenters. The fourth-order valence-corrected chi connectivity index (χ4v) is 3.20. The number of aromatic nitrogens is 4. The van der Waals surface area contributed by atoms with Gasteiger partial charge in [0.05, 0.1) is 18.0 Å². The minimum absolute atomic E-state index is 0.0556. The van der Waals surface area contributed by atoms with Gasteiger partial charge in [-0.05, 0) is 37.5 Å². The third-order valence-corrected chi connectivity index (χ3v) is 4.44. The van der Waals surface area contributed by atoms with Gasteiger partial charge in [-0.2, -0.15) is 5.10 Å². The van der Waals surface area contributed by atoms with Crippen LogP contribution in [-0.4, -0.2) is 39.1 Å². The minimum Gasteiger partial charge on any atom is -0.461 e. The molecule has 0 amide bonds. The van der Waals surface area contributed by atoms with Crippen LogP contribution in [0, 0.1) is 0 Å². The first-order valence-electron chi connectivity index (χ1n) is 11.1. The number of nitrogens with one attached hydrogen (secondary N) is 2. The highest BCUT2D eigenvalue weighted by molar-refractivity contribution is 5.91. The number of carbonyl (C=O) groups excluding carboxylic acids is 1. The van der Waals surface area contributed by atoms with Gasteiger partial charge in [-0.25, -0.2) is 14.8 Å². The summed E-state index contributed by atoms with van der Waals surface area (Å²) in [6.45, 7) is 9.94. The van der Waals surface area contributed by atoms with Gasteiger partial charge >= 0.3 is 12.3 Å². The molecule has 0 radical (unpaired) electrons. The van der Waals surface area contributed by atoms with Gasteiger partial charge in [-0.3, -0.25) is 5.10 Å². The van der Waals surface area contributed by atoms with Crippen LogP contribution in [0.15, 0.2) is 30.5 Å². The van der Waals surface area contributed by atoms with E-state index in [1.165, 1.54) is 18.2 Å². The first kappa shape index (κ1) is 26.6. The Bertz CT molecular complexity index is 1100. The van der Waals surface area contributed by atoms with Gasteiger partial charge in [0.2, 0.25) is 5.95 Å². The second-order valence-corrected chi connectivity index (χ2v) is 6.38. The van der Waals surface area contributed by atoms with E-state index >= 15 is 0 Å². The highest BCUT2D eigenvalue weighted by Gasteiger charge is 2.32. The molecule has 0 spiro atoms. The Morgan fingerprint density at radius 3 is 2.50 bits per heavy atom. The number of ether oxygens (including phenoxy) is 2. The first-order valence-corrected chi connectivity index (χ1v) is 11.1. The van der Waals surface area contributed by atoms with Gasteiger partial charge in [0.15, 0.2) is 5.75 Å². The molecule has 2 N–H and O–H groups in total. The van der Waals surface area contributed by atoms with Crippen LogP contribution in [0.3, 0.4) is 0 Å². The molecule has 8 nitrogen and oxygen atoms in total. The summed E-state index contributed by atoms with van der Waals surface area (Å²) in [5, 5.41) is 9.64. The van der Waals surface area contributed by atoms with Gasteiger partial charge in [0.1, 0.15) is 11.4 Å². The zero-order valence-electron chi connectivity index (χ0n) is 19.7. The Morgan fingerprint density at radius 2 is 1.82 bits per heavy atom. The lowest BCUT2D eigenvalue weighted by atomic mass is 9.93. The molecule has 0 atom stereocenters. The summed E-state index contributed by atoms with van der Waals surface area (Å²) in [7, 11) is 0. The predicted molar refractivity (Wildman–Crippen MR) is 122 cm³/mol. The molecular formula is C23H28F3N5O3. The van der Waals surface area contributed by atoms with Crippen molar-refractivity contribution in [1.82, 2.24) is 20.2 Å². The molecule has 11 heteroatoms. The molecule has 2 heterocycles. The van der Waals surface area contributed by atoms with E-state index in [1.807, 2.05) is 27.7 Å². The summed E-state index contributed by atoms with van der Waals surface area (Å²) in [5.41, 5.74) is 2.81. The number of alkyl halides is 3. The lowest BCUT2D eigenvalue weighted by Gasteiger charge is -2.17. The molecule has 1 aliphatic rings. The second-order valence-electron chi connectivity index (χ2n) is 6.38. The van der Waals surface area contributed by atoms with E-state index in [0.717, 1.165) is 5.56 Å². The van der Waals surface area contributed by atoms with E-state index in [1.54, 1.807) is 19.2 Å². The van der Waals surface area contributed by atoms with E-state index in [4.69, 9.17) is 4.74 Å². The normalized spacial score (nSPS) is 11.5. The maximum absolute atomic E-state index is 12.6. The van der Waals surface area contributed by atoms with Crippen LogP contribution in [0.5, 0.6) is 5.75 Å². The number of anilines is 2. The summed E-state index contributed by atoms with van der Waals surface area (Å²) in [5.74, 6) is -0.836. The maximum Gasteiger partial charge on any atom is 0.573 e. The predicted octanol–water partition coefficient (Wildman–Crippen LogP) is 5.84. The van der Waals surface area contributed by atoms with Crippen molar-refractivity contribution in [3.8, 4) is 17.1 Å². The van der Waals surface area contributed by atoms with Crippen molar-refractivity contribution < 1.29 is 27.4 Å². The van der Waals surface area contributed by atoms with E-state index in [2.05, 4.69) is 30.2 Å². The third-order valence-electron chi connectivity index (χ3n) is 4.44. The van der Waals surface area contributed by atoms with Gasteiger partial charge in [0, 0.05) is 11.8 Å². The minimum atomic E-state index is -4.83. The molecule has 3 aromatic rings. The molecule has 1 aromatic carbocycles. The Kier molecular flexibility index (Phi) is 9.40. The number of carbonyl (C=O) groups is 1. The van der Waals surface area contributed by atoms with Crippen LogP contribution in [0.1, 0.15) is 56.2 Å². The van der Waals surface area contributed by atoms with Crippen molar-refractivity contribution in [1.29, 1.82) is 0 Å². The molecule has 1 aliphatic carbocycles.